The van der Waals surface area contributed by atoms with E-state index in [1.807, 2.05) is 59.8 Å². The topological polar surface area (TPSA) is 56.6 Å². The van der Waals surface area contributed by atoms with Crippen molar-refractivity contribution in [1.29, 1.82) is 0 Å². The molecule has 6 heteroatoms. The van der Waals surface area contributed by atoms with Gasteiger partial charge >= 0.3 is 0 Å². The lowest BCUT2D eigenvalue weighted by Crippen LogP contribution is -2.32. The van der Waals surface area contributed by atoms with Gasteiger partial charge in [0.15, 0.2) is 11.5 Å². The monoisotopic (exact) mass is 431 g/mol. The number of ether oxygens (including phenoxy) is 2. The van der Waals surface area contributed by atoms with Gasteiger partial charge in [-0.2, -0.15) is 5.10 Å². The van der Waals surface area contributed by atoms with Gasteiger partial charge in [0.05, 0.1) is 37.1 Å². The van der Waals surface area contributed by atoms with Gasteiger partial charge in [-0.05, 0) is 56.5 Å². The van der Waals surface area contributed by atoms with Crippen molar-refractivity contribution in [2.45, 2.75) is 45.6 Å². The van der Waals surface area contributed by atoms with Crippen molar-refractivity contribution in [3.8, 4) is 17.2 Å². The summed E-state index contributed by atoms with van der Waals surface area (Å²) in [7, 11) is 0. The number of fused-ring (bicyclic) bond motifs is 1. The van der Waals surface area contributed by atoms with Crippen molar-refractivity contribution in [3.63, 3.8) is 0 Å². The number of aromatic nitrogens is 2. The van der Waals surface area contributed by atoms with Crippen LogP contribution >= 0.6 is 0 Å². The van der Waals surface area contributed by atoms with E-state index in [1.165, 1.54) is 0 Å². The summed E-state index contributed by atoms with van der Waals surface area (Å²) >= 11 is 0. The van der Waals surface area contributed by atoms with Crippen LogP contribution in [0.2, 0.25) is 0 Å². The number of likely N-dealkylation sites (tertiary alicyclic amines) is 1. The van der Waals surface area contributed by atoms with Crippen LogP contribution in [0.3, 0.4) is 0 Å². The number of para-hydroxylation sites is 1. The van der Waals surface area contributed by atoms with E-state index in [0.717, 1.165) is 65.5 Å². The van der Waals surface area contributed by atoms with Crippen LogP contribution in [0.5, 0.6) is 11.5 Å². The Morgan fingerprint density at radius 2 is 1.81 bits per heavy atom. The Kier molecular flexibility index (Phi) is 5.60. The molecule has 0 saturated carbocycles. The molecule has 3 heterocycles. The highest BCUT2D eigenvalue weighted by atomic mass is 16.5. The second-order valence-corrected chi connectivity index (χ2v) is 8.58. The second kappa shape index (κ2) is 8.69. The molecular formula is C26H29N3O3. The molecule has 1 atom stereocenters. The Balaban J connectivity index is 1.37. The fourth-order valence-electron chi connectivity index (χ4n) is 4.80. The van der Waals surface area contributed by atoms with Crippen LogP contribution in [-0.2, 0) is 11.2 Å². The highest BCUT2D eigenvalue weighted by Gasteiger charge is 2.31. The zero-order valence-electron chi connectivity index (χ0n) is 18.7. The molecule has 0 aliphatic carbocycles. The third kappa shape index (κ3) is 3.85. The average Bonchev–Trinajstić information content (AvgIpc) is 3.32. The highest BCUT2D eigenvalue weighted by molar-refractivity contribution is 5.80. The lowest BCUT2D eigenvalue weighted by molar-refractivity contribution is -0.131. The van der Waals surface area contributed by atoms with Gasteiger partial charge in [0, 0.05) is 24.2 Å². The van der Waals surface area contributed by atoms with Crippen LogP contribution in [0.15, 0.2) is 48.5 Å². The minimum Gasteiger partial charge on any atom is -0.490 e. The first kappa shape index (κ1) is 20.6. The van der Waals surface area contributed by atoms with E-state index in [-0.39, 0.29) is 11.9 Å². The maximum Gasteiger partial charge on any atom is 0.227 e. The van der Waals surface area contributed by atoms with Crippen molar-refractivity contribution in [2.24, 2.45) is 0 Å². The summed E-state index contributed by atoms with van der Waals surface area (Å²) in [6.45, 7) is 6.15. The Labute approximate surface area is 188 Å². The Hall–Kier alpha value is -3.28. The first-order chi connectivity index (χ1) is 15.6. The van der Waals surface area contributed by atoms with Crippen LogP contribution in [0.4, 0.5) is 0 Å². The molecule has 1 fully saturated rings. The van der Waals surface area contributed by atoms with E-state index < -0.39 is 0 Å². The zero-order valence-corrected chi connectivity index (χ0v) is 18.7. The maximum atomic E-state index is 13.4. The number of hydrogen-bond donors (Lipinski definition) is 0. The number of rotatable bonds is 4. The summed E-state index contributed by atoms with van der Waals surface area (Å²) in [4.78, 5) is 15.5. The molecule has 2 aliphatic heterocycles. The first-order valence-corrected chi connectivity index (χ1v) is 11.4. The van der Waals surface area contributed by atoms with Gasteiger partial charge in [-0.1, -0.05) is 24.3 Å². The molecular weight excluding hydrogens is 402 g/mol. The quantitative estimate of drug-likeness (QED) is 0.608. The van der Waals surface area contributed by atoms with Gasteiger partial charge in [0.25, 0.3) is 0 Å². The first-order valence-electron chi connectivity index (χ1n) is 11.4. The number of carbonyl (C=O) groups excluding carboxylic acids is 1. The fraction of sp³-hybridized carbons (Fsp3) is 0.385. The number of nitrogens with zero attached hydrogens (tertiary/aromatic N) is 3. The van der Waals surface area contributed by atoms with Crippen molar-refractivity contribution in [2.75, 3.05) is 19.8 Å². The predicted octanol–water partition coefficient (Wildman–Crippen LogP) is 4.56. The molecule has 1 saturated heterocycles. The molecule has 32 heavy (non-hydrogen) atoms. The Morgan fingerprint density at radius 1 is 1.03 bits per heavy atom. The number of hydrogen-bond acceptors (Lipinski definition) is 4. The predicted molar refractivity (Wildman–Crippen MR) is 122 cm³/mol. The van der Waals surface area contributed by atoms with Crippen molar-refractivity contribution in [1.82, 2.24) is 14.7 Å². The Bertz CT molecular complexity index is 1120. The third-order valence-electron chi connectivity index (χ3n) is 6.50. The summed E-state index contributed by atoms with van der Waals surface area (Å²) in [5.74, 6) is 1.73. The SMILES string of the molecule is Cc1nn(-c2ccccc2)c(C)c1CC(=O)N1CCC[C@H]1c1ccc2c(c1)OCCCO2. The number of aryl methyl sites for hydroxylation is 1. The van der Waals surface area contributed by atoms with E-state index in [1.54, 1.807) is 0 Å². The van der Waals surface area contributed by atoms with Gasteiger partial charge in [-0.15, -0.1) is 0 Å². The third-order valence-corrected chi connectivity index (χ3v) is 6.50. The van der Waals surface area contributed by atoms with Crippen LogP contribution in [0.25, 0.3) is 5.69 Å². The molecule has 0 N–H and O–H groups in total. The largest absolute Gasteiger partial charge is 0.490 e. The highest BCUT2D eigenvalue weighted by Crippen LogP contribution is 2.38. The van der Waals surface area contributed by atoms with Crippen molar-refractivity contribution in [3.05, 3.63) is 71.0 Å². The van der Waals surface area contributed by atoms with Gasteiger partial charge in [0.1, 0.15) is 0 Å². The van der Waals surface area contributed by atoms with Crippen LogP contribution < -0.4 is 9.47 Å². The summed E-state index contributed by atoms with van der Waals surface area (Å²) < 4.78 is 13.6. The zero-order chi connectivity index (χ0) is 22.1. The lowest BCUT2D eigenvalue weighted by atomic mass is 10.0. The fourth-order valence-corrected chi connectivity index (χ4v) is 4.80. The molecule has 0 bridgehead atoms. The van der Waals surface area contributed by atoms with Gasteiger partial charge in [0.2, 0.25) is 5.91 Å². The summed E-state index contributed by atoms with van der Waals surface area (Å²) in [5, 5.41) is 4.71. The molecule has 3 aromatic rings. The van der Waals surface area contributed by atoms with E-state index in [0.29, 0.717) is 19.6 Å². The van der Waals surface area contributed by atoms with Crippen molar-refractivity contribution < 1.29 is 14.3 Å². The second-order valence-electron chi connectivity index (χ2n) is 8.58. The van der Waals surface area contributed by atoms with E-state index >= 15 is 0 Å². The van der Waals surface area contributed by atoms with Gasteiger partial charge in [-0.25, -0.2) is 4.68 Å². The van der Waals surface area contributed by atoms with Gasteiger partial charge in [-0.3, -0.25) is 4.79 Å². The van der Waals surface area contributed by atoms with E-state index in [2.05, 4.69) is 12.1 Å². The molecule has 166 valence electrons. The summed E-state index contributed by atoms with van der Waals surface area (Å²) in [6, 6.07) is 16.2. The number of amides is 1. The Morgan fingerprint density at radius 3 is 2.62 bits per heavy atom. The van der Waals surface area contributed by atoms with Crippen LogP contribution in [0.1, 0.15) is 47.8 Å². The molecule has 2 aliphatic rings. The van der Waals surface area contributed by atoms with E-state index in [4.69, 9.17) is 14.6 Å². The maximum absolute atomic E-state index is 13.4. The minimum absolute atomic E-state index is 0.0735. The molecule has 0 radical (unpaired) electrons. The molecule has 0 unspecified atom stereocenters. The molecule has 2 aromatic carbocycles. The molecule has 0 spiro atoms. The number of carbonyl (C=O) groups is 1. The normalized spacial score (nSPS) is 17.9. The minimum atomic E-state index is 0.0735. The van der Waals surface area contributed by atoms with Gasteiger partial charge < -0.3 is 14.4 Å². The number of benzene rings is 2. The molecule has 6 nitrogen and oxygen atoms in total. The van der Waals surface area contributed by atoms with Crippen LogP contribution in [0, 0.1) is 13.8 Å². The van der Waals surface area contributed by atoms with Crippen molar-refractivity contribution >= 4 is 5.91 Å². The van der Waals surface area contributed by atoms with Crippen LogP contribution in [-0.4, -0.2) is 40.3 Å². The molecule has 5 rings (SSSR count). The average molecular weight is 432 g/mol. The lowest BCUT2D eigenvalue weighted by Gasteiger charge is -2.26. The summed E-state index contributed by atoms with van der Waals surface area (Å²) in [6.07, 6.45) is 3.22. The van der Waals surface area contributed by atoms with E-state index in [9.17, 15) is 4.79 Å². The molecule has 1 aromatic heterocycles. The summed E-state index contributed by atoms with van der Waals surface area (Å²) in [5.41, 5.74) is 5.08. The molecule has 1 amide bonds. The smallest absolute Gasteiger partial charge is 0.227 e. The standard InChI is InChI=1S/C26H29N3O3/c1-18-22(19(2)29(27-18)21-8-4-3-5-9-21)17-26(30)28-13-6-10-23(28)20-11-12-24-25(16-20)32-15-7-14-31-24/h3-5,8-9,11-12,16,23H,6-7,10,13-15,17H2,1-2H3/t23-/m0/s1.